The molecule has 0 bridgehead atoms. The molecule has 0 atom stereocenters. The Balaban J connectivity index is 1.39. The summed E-state index contributed by atoms with van der Waals surface area (Å²) in [6, 6.07) is 18.0. The number of fused-ring (bicyclic) bond motifs is 1. The Hall–Kier alpha value is -4.00. The number of aromatic nitrogens is 3. The zero-order valence-electron chi connectivity index (χ0n) is 16.5. The van der Waals surface area contributed by atoms with Gasteiger partial charge in [0.25, 0.3) is 5.91 Å². The van der Waals surface area contributed by atoms with E-state index in [1.54, 1.807) is 43.3 Å². The lowest BCUT2D eigenvalue weighted by Gasteiger charge is -2.06. The van der Waals surface area contributed by atoms with Crippen LogP contribution in [-0.2, 0) is 11.3 Å². The standard InChI is InChI=1S/C23H20N4O3/c1-2-30-23(29)17-7-9-18(10-8-17)24-22(28)16-11-13-27(14-12-16)15-21-25-19-5-3-4-6-20(19)26-21/h3-14H,2,15H2,1H3,(H-,24,25,26,28,29)/p+1. The minimum atomic E-state index is -0.382. The van der Waals surface area contributed by atoms with Gasteiger partial charge in [-0.1, -0.05) is 12.1 Å². The number of H-pyrrole nitrogens is 1. The maximum atomic E-state index is 12.5. The number of pyridine rings is 1. The Labute approximate surface area is 173 Å². The third kappa shape index (κ3) is 4.35. The first-order valence-electron chi connectivity index (χ1n) is 9.63. The molecule has 1 amide bonds. The molecule has 0 aliphatic heterocycles. The Morgan fingerprint density at radius 2 is 1.73 bits per heavy atom. The molecule has 0 saturated heterocycles. The van der Waals surface area contributed by atoms with Gasteiger partial charge in [0.2, 0.25) is 6.54 Å². The molecule has 2 aromatic carbocycles. The van der Waals surface area contributed by atoms with Crippen molar-refractivity contribution in [3.05, 3.63) is 90.0 Å². The highest BCUT2D eigenvalue weighted by Crippen LogP contribution is 2.13. The van der Waals surface area contributed by atoms with E-state index in [-0.39, 0.29) is 11.9 Å². The van der Waals surface area contributed by atoms with E-state index in [0.29, 0.717) is 30.0 Å². The second-order valence-electron chi connectivity index (χ2n) is 6.71. The number of imidazole rings is 1. The van der Waals surface area contributed by atoms with Gasteiger partial charge in [0, 0.05) is 17.8 Å². The van der Waals surface area contributed by atoms with Crippen molar-refractivity contribution in [2.24, 2.45) is 0 Å². The number of carbonyl (C=O) groups is 2. The van der Waals surface area contributed by atoms with Gasteiger partial charge in [-0.15, -0.1) is 0 Å². The van der Waals surface area contributed by atoms with Crippen LogP contribution >= 0.6 is 0 Å². The average Bonchev–Trinajstić information content (AvgIpc) is 3.17. The lowest BCUT2D eigenvalue weighted by Crippen LogP contribution is -2.34. The van der Waals surface area contributed by atoms with Crippen molar-refractivity contribution in [3.63, 3.8) is 0 Å². The van der Waals surface area contributed by atoms with Gasteiger partial charge in [-0.05, 0) is 43.3 Å². The predicted molar refractivity (Wildman–Crippen MR) is 112 cm³/mol. The zero-order chi connectivity index (χ0) is 20.9. The van der Waals surface area contributed by atoms with Crippen molar-refractivity contribution in [3.8, 4) is 0 Å². The van der Waals surface area contributed by atoms with E-state index in [1.165, 1.54) is 0 Å². The third-order valence-corrected chi connectivity index (χ3v) is 4.58. The molecule has 2 aromatic heterocycles. The van der Waals surface area contributed by atoms with Crippen LogP contribution in [0, 0.1) is 0 Å². The third-order valence-electron chi connectivity index (χ3n) is 4.58. The molecule has 0 radical (unpaired) electrons. The lowest BCUT2D eigenvalue weighted by atomic mass is 10.2. The number of aromatic amines is 1. The quantitative estimate of drug-likeness (QED) is 0.383. The van der Waals surface area contributed by atoms with Gasteiger partial charge >= 0.3 is 5.97 Å². The van der Waals surface area contributed by atoms with Crippen LogP contribution in [0.5, 0.6) is 0 Å². The second-order valence-corrected chi connectivity index (χ2v) is 6.71. The number of para-hydroxylation sites is 2. The van der Waals surface area contributed by atoms with Crippen LogP contribution in [0.3, 0.4) is 0 Å². The molecule has 2 heterocycles. The van der Waals surface area contributed by atoms with Crippen LogP contribution in [0.4, 0.5) is 5.69 Å². The van der Waals surface area contributed by atoms with Crippen molar-refractivity contribution in [1.82, 2.24) is 9.97 Å². The second kappa shape index (κ2) is 8.57. The fourth-order valence-corrected chi connectivity index (χ4v) is 3.07. The molecule has 0 aliphatic rings. The summed E-state index contributed by atoms with van der Waals surface area (Å²) in [5.41, 5.74) is 3.51. The molecule has 0 fully saturated rings. The highest BCUT2D eigenvalue weighted by atomic mass is 16.5. The molecule has 0 aliphatic carbocycles. The van der Waals surface area contributed by atoms with Gasteiger partial charge in [0.05, 0.1) is 28.8 Å². The SMILES string of the molecule is CCOC(=O)c1ccc(NC(=O)c2cc[n+](Cc3nc4ccccc4[nH]3)cc2)cc1. The summed E-state index contributed by atoms with van der Waals surface area (Å²) in [7, 11) is 0. The van der Waals surface area contributed by atoms with Gasteiger partial charge in [0.15, 0.2) is 18.2 Å². The van der Waals surface area contributed by atoms with E-state index in [0.717, 1.165) is 16.9 Å². The van der Waals surface area contributed by atoms with Gasteiger partial charge in [-0.2, -0.15) is 4.57 Å². The van der Waals surface area contributed by atoms with Gasteiger partial charge in [-0.25, -0.2) is 9.78 Å². The van der Waals surface area contributed by atoms with Gasteiger partial charge in [-0.3, -0.25) is 4.79 Å². The molecule has 7 heteroatoms. The number of anilines is 1. The number of benzene rings is 2. The first kappa shape index (κ1) is 19.3. The minimum Gasteiger partial charge on any atom is -0.462 e. The highest BCUT2D eigenvalue weighted by Gasteiger charge is 2.12. The Kier molecular flexibility index (Phi) is 5.52. The predicted octanol–water partition coefficient (Wildman–Crippen LogP) is 3.33. The van der Waals surface area contributed by atoms with Crippen molar-refractivity contribution >= 4 is 28.6 Å². The smallest absolute Gasteiger partial charge is 0.338 e. The summed E-state index contributed by atoms with van der Waals surface area (Å²) in [6.07, 6.45) is 3.68. The number of esters is 1. The Morgan fingerprint density at radius 1 is 1.00 bits per heavy atom. The average molecular weight is 401 g/mol. The van der Waals surface area contributed by atoms with Crippen LogP contribution < -0.4 is 9.88 Å². The maximum Gasteiger partial charge on any atom is 0.338 e. The summed E-state index contributed by atoms with van der Waals surface area (Å²) in [5, 5.41) is 2.82. The fourth-order valence-electron chi connectivity index (χ4n) is 3.07. The van der Waals surface area contributed by atoms with E-state index in [1.807, 2.05) is 41.2 Å². The molecule has 0 saturated carbocycles. The first-order valence-corrected chi connectivity index (χ1v) is 9.63. The summed E-state index contributed by atoms with van der Waals surface area (Å²) < 4.78 is 6.90. The number of hydrogen-bond acceptors (Lipinski definition) is 4. The summed E-state index contributed by atoms with van der Waals surface area (Å²) in [6.45, 7) is 2.65. The van der Waals surface area contributed by atoms with Crippen molar-refractivity contribution in [2.45, 2.75) is 13.5 Å². The van der Waals surface area contributed by atoms with Crippen LogP contribution in [0.2, 0.25) is 0 Å². The summed E-state index contributed by atoms with van der Waals surface area (Å²) in [4.78, 5) is 32.0. The Bertz CT molecular complexity index is 1150. The topological polar surface area (TPSA) is 88.0 Å². The molecule has 2 N–H and O–H groups in total. The van der Waals surface area contributed by atoms with Crippen molar-refractivity contribution in [2.75, 3.05) is 11.9 Å². The molecule has 4 aromatic rings. The fraction of sp³-hybridized carbons (Fsp3) is 0.130. The van der Waals surface area contributed by atoms with E-state index in [2.05, 4.69) is 15.3 Å². The molecule has 0 spiro atoms. The number of amides is 1. The minimum absolute atomic E-state index is 0.227. The maximum absolute atomic E-state index is 12.5. The number of nitrogens with one attached hydrogen (secondary N) is 2. The lowest BCUT2D eigenvalue weighted by molar-refractivity contribution is -0.689. The van der Waals surface area contributed by atoms with Crippen LogP contribution in [-0.4, -0.2) is 28.5 Å². The molecule has 4 rings (SSSR count). The van der Waals surface area contributed by atoms with E-state index in [9.17, 15) is 9.59 Å². The molecule has 30 heavy (non-hydrogen) atoms. The largest absolute Gasteiger partial charge is 0.462 e. The number of carbonyl (C=O) groups excluding carboxylic acids is 2. The highest BCUT2D eigenvalue weighted by molar-refractivity contribution is 6.04. The Morgan fingerprint density at radius 3 is 2.43 bits per heavy atom. The van der Waals surface area contributed by atoms with Gasteiger partial charge < -0.3 is 15.0 Å². The van der Waals surface area contributed by atoms with Crippen LogP contribution in [0.15, 0.2) is 73.1 Å². The van der Waals surface area contributed by atoms with Crippen molar-refractivity contribution < 1.29 is 18.9 Å². The number of hydrogen-bond donors (Lipinski definition) is 2. The molecular formula is C23H21N4O3+. The van der Waals surface area contributed by atoms with E-state index >= 15 is 0 Å². The van der Waals surface area contributed by atoms with E-state index in [4.69, 9.17) is 4.74 Å². The zero-order valence-corrected chi connectivity index (χ0v) is 16.5. The summed E-state index contributed by atoms with van der Waals surface area (Å²) in [5.74, 6) is 0.238. The van der Waals surface area contributed by atoms with Crippen molar-refractivity contribution in [1.29, 1.82) is 0 Å². The monoisotopic (exact) mass is 401 g/mol. The van der Waals surface area contributed by atoms with Crippen LogP contribution in [0.1, 0.15) is 33.5 Å². The first-order chi connectivity index (χ1) is 14.6. The molecule has 150 valence electrons. The number of ether oxygens (including phenoxy) is 1. The summed E-state index contributed by atoms with van der Waals surface area (Å²) >= 11 is 0. The van der Waals surface area contributed by atoms with Gasteiger partial charge in [0.1, 0.15) is 0 Å². The normalized spacial score (nSPS) is 10.7. The number of nitrogens with zero attached hydrogens (tertiary/aromatic N) is 2. The molecule has 0 unspecified atom stereocenters. The van der Waals surface area contributed by atoms with E-state index < -0.39 is 0 Å². The van der Waals surface area contributed by atoms with Crippen LogP contribution in [0.25, 0.3) is 11.0 Å². The molecular weight excluding hydrogens is 380 g/mol. The number of rotatable bonds is 6. The molecule has 7 nitrogen and oxygen atoms in total.